The van der Waals surface area contributed by atoms with E-state index in [0.717, 1.165) is 19.5 Å². The van der Waals surface area contributed by atoms with Crippen LogP contribution in [-0.4, -0.2) is 13.1 Å². The molecule has 0 aromatic rings. The molecule has 1 aliphatic heterocycles. The first kappa shape index (κ1) is 6.52. The molecule has 0 unspecified atom stereocenters. The largest absolute Gasteiger partial charge is 0.257 e. The summed E-state index contributed by atoms with van der Waals surface area (Å²) in [7, 11) is 0. The van der Waals surface area contributed by atoms with Crippen LogP contribution < -0.4 is 10.9 Å². The number of hydrazine groups is 1. The lowest BCUT2D eigenvalue weighted by Crippen LogP contribution is -2.32. The Hall–Kier alpha value is -0.600. The predicted octanol–water partition coefficient (Wildman–Crippen LogP) is 0.597. The Balaban J connectivity index is 2.28. The highest BCUT2D eigenvalue weighted by atomic mass is 15.3. The van der Waals surface area contributed by atoms with E-state index >= 15 is 0 Å². The molecule has 2 N–H and O–H groups in total. The highest BCUT2D eigenvalue weighted by Crippen LogP contribution is 1.83. The monoisotopic (exact) mass is 124 g/mol. The molecule has 0 bridgehead atoms. The van der Waals surface area contributed by atoms with Crippen molar-refractivity contribution in [1.29, 1.82) is 0 Å². The maximum Gasteiger partial charge on any atom is 0.0283 e. The zero-order valence-corrected chi connectivity index (χ0v) is 5.43. The summed E-state index contributed by atoms with van der Waals surface area (Å²) < 4.78 is 0. The lowest BCUT2D eigenvalue weighted by atomic mass is 10.3. The number of hydrogen-bond donors (Lipinski definition) is 2. The lowest BCUT2D eigenvalue weighted by molar-refractivity contribution is 0.574. The van der Waals surface area contributed by atoms with Gasteiger partial charge < -0.3 is 0 Å². The standard InChI is InChI=1S/C7H12N2/c1-2-4-6-8-9-7-5-3-1/h1-4,8-9H,5-7H2. The summed E-state index contributed by atoms with van der Waals surface area (Å²) >= 11 is 0. The van der Waals surface area contributed by atoms with Crippen molar-refractivity contribution in [2.24, 2.45) is 0 Å². The van der Waals surface area contributed by atoms with Crippen LogP contribution in [0.3, 0.4) is 0 Å². The van der Waals surface area contributed by atoms with Crippen LogP contribution in [0, 0.1) is 0 Å². The first-order valence-electron chi connectivity index (χ1n) is 3.27. The summed E-state index contributed by atoms with van der Waals surface area (Å²) in [5, 5.41) is 0. The van der Waals surface area contributed by atoms with Crippen LogP contribution >= 0.6 is 0 Å². The van der Waals surface area contributed by atoms with Crippen molar-refractivity contribution in [3.63, 3.8) is 0 Å². The molecule has 0 aliphatic carbocycles. The minimum atomic E-state index is 0.907. The van der Waals surface area contributed by atoms with Gasteiger partial charge in [0, 0.05) is 13.1 Å². The van der Waals surface area contributed by atoms with Gasteiger partial charge in [0.25, 0.3) is 0 Å². The average molecular weight is 124 g/mol. The first-order chi connectivity index (χ1) is 4.50. The van der Waals surface area contributed by atoms with Gasteiger partial charge in [-0.2, -0.15) is 0 Å². The van der Waals surface area contributed by atoms with Crippen LogP contribution in [0.4, 0.5) is 0 Å². The molecule has 0 atom stereocenters. The Morgan fingerprint density at radius 3 is 2.89 bits per heavy atom. The van der Waals surface area contributed by atoms with Gasteiger partial charge in [0.15, 0.2) is 0 Å². The van der Waals surface area contributed by atoms with Crippen LogP contribution in [0.5, 0.6) is 0 Å². The Morgan fingerprint density at radius 2 is 1.89 bits per heavy atom. The summed E-state index contributed by atoms with van der Waals surface area (Å²) in [4.78, 5) is 0. The molecule has 0 radical (unpaired) electrons. The Morgan fingerprint density at radius 1 is 1.00 bits per heavy atom. The molecule has 0 aromatic heterocycles. The molecule has 50 valence electrons. The predicted molar refractivity (Wildman–Crippen MR) is 38.9 cm³/mol. The fourth-order valence-electron chi connectivity index (χ4n) is 0.696. The molecule has 0 saturated carbocycles. The summed E-state index contributed by atoms with van der Waals surface area (Å²) in [6, 6.07) is 0. The van der Waals surface area contributed by atoms with Crippen LogP contribution in [0.25, 0.3) is 0 Å². The van der Waals surface area contributed by atoms with E-state index in [1.807, 2.05) is 0 Å². The highest BCUT2D eigenvalue weighted by molar-refractivity contribution is 5.03. The van der Waals surface area contributed by atoms with E-state index < -0.39 is 0 Å². The first-order valence-corrected chi connectivity index (χ1v) is 3.27. The third kappa shape index (κ3) is 3.06. The Labute approximate surface area is 55.6 Å². The van der Waals surface area contributed by atoms with E-state index in [9.17, 15) is 0 Å². The summed E-state index contributed by atoms with van der Waals surface area (Å²) in [6.07, 6.45) is 9.46. The van der Waals surface area contributed by atoms with Gasteiger partial charge in [-0.25, -0.2) is 0 Å². The molecule has 0 amide bonds. The summed E-state index contributed by atoms with van der Waals surface area (Å²) in [5.41, 5.74) is 6.13. The van der Waals surface area contributed by atoms with E-state index in [4.69, 9.17) is 0 Å². The Kier molecular flexibility index (Phi) is 3.11. The molecule has 2 heteroatoms. The topological polar surface area (TPSA) is 24.1 Å². The van der Waals surface area contributed by atoms with Gasteiger partial charge in [0.1, 0.15) is 0 Å². The summed E-state index contributed by atoms with van der Waals surface area (Å²) in [6.45, 7) is 1.92. The van der Waals surface area contributed by atoms with Gasteiger partial charge in [-0.3, -0.25) is 10.9 Å². The van der Waals surface area contributed by atoms with Gasteiger partial charge in [-0.15, -0.1) is 0 Å². The van der Waals surface area contributed by atoms with Gasteiger partial charge in [-0.05, 0) is 6.42 Å². The summed E-state index contributed by atoms with van der Waals surface area (Å²) in [5.74, 6) is 0. The second-order valence-corrected chi connectivity index (χ2v) is 1.95. The van der Waals surface area contributed by atoms with Crippen molar-refractivity contribution in [2.75, 3.05) is 13.1 Å². The maximum atomic E-state index is 3.07. The molecule has 0 saturated heterocycles. The minimum Gasteiger partial charge on any atom is -0.257 e. The minimum absolute atomic E-state index is 0.907. The van der Waals surface area contributed by atoms with E-state index in [0.29, 0.717) is 0 Å². The van der Waals surface area contributed by atoms with Gasteiger partial charge in [0.05, 0.1) is 0 Å². The Bertz CT molecular complexity index is 102. The molecular weight excluding hydrogens is 112 g/mol. The zero-order valence-electron chi connectivity index (χ0n) is 5.43. The SMILES string of the molecule is C1=CCCNNCC=C1. The number of allylic oxidation sites excluding steroid dienone is 2. The molecule has 0 aromatic carbocycles. The van der Waals surface area contributed by atoms with E-state index in [2.05, 4.69) is 35.2 Å². The van der Waals surface area contributed by atoms with Crippen LogP contribution in [0.1, 0.15) is 6.42 Å². The second kappa shape index (κ2) is 4.30. The van der Waals surface area contributed by atoms with Gasteiger partial charge in [0.2, 0.25) is 0 Å². The van der Waals surface area contributed by atoms with E-state index in [1.54, 1.807) is 0 Å². The zero-order chi connectivity index (χ0) is 6.36. The molecule has 9 heavy (non-hydrogen) atoms. The van der Waals surface area contributed by atoms with Crippen molar-refractivity contribution in [3.8, 4) is 0 Å². The molecular formula is C7H12N2. The molecule has 2 nitrogen and oxygen atoms in total. The van der Waals surface area contributed by atoms with Crippen molar-refractivity contribution < 1.29 is 0 Å². The average Bonchev–Trinajstić information content (AvgIpc) is 2.00. The molecule has 1 rings (SSSR count). The van der Waals surface area contributed by atoms with Crippen LogP contribution in [0.2, 0.25) is 0 Å². The fraction of sp³-hybridized carbons (Fsp3) is 0.429. The maximum absolute atomic E-state index is 3.07. The van der Waals surface area contributed by atoms with Crippen molar-refractivity contribution in [3.05, 3.63) is 24.3 Å². The third-order valence-corrected chi connectivity index (χ3v) is 1.16. The second-order valence-electron chi connectivity index (χ2n) is 1.95. The van der Waals surface area contributed by atoms with Crippen molar-refractivity contribution in [2.45, 2.75) is 6.42 Å². The van der Waals surface area contributed by atoms with Crippen molar-refractivity contribution in [1.82, 2.24) is 10.9 Å². The highest BCUT2D eigenvalue weighted by Gasteiger charge is 1.82. The molecule has 1 aliphatic rings. The normalized spacial score (nSPS) is 20.4. The smallest absolute Gasteiger partial charge is 0.0283 e. The van der Waals surface area contributed by atoms with Crippen LogP contribution in [-0.2, 0) is 0 Å². The third-order valence-electron chi connectivity index (χ3n) is 1.16. The molecule has 1 heterocycles. The lowest BCUT2D eigenvalue weighted by Gasteiger charge is -1.99. The fourth-order valence-corrected chi connectivity index (χ4v) is 0.696. The quantitative estimate of drug-likeness (QED) is 0.494. The number of nitrogens with one attached hydrogen (secondary N) is 2. The molecule has 0 spiro atoms. The van der Waals surface area contributed by atoms with Gasteiger partial charge >= 0.3 is 0 Å². The van der Waals surface area contributed by atoms with E-state index in [1.165, 1.54) is 0 Å². The van der Waals surface area contributed by atoms with Gasteiger partial charge in [-0.1, -0.05) is 24.3 Å². The number of rotatable bonds is 0. The number of hydrogen-bond acceptors (Lipinski definition) is 2. The van der Waals surface area contributed by atoms with Crippen molar-refractivity contribution >= 4 is 0 Å². The van der Waals surface area contributed by atoms with Crippen LogP contribution in [0.15, 0.2) is 24.3 Å². The molecule has 0 fully saturated rings. The van der Waals surface area contributed by atoms with E-state index in [-0.39, 0.29) is 0 Å².